The van der Waals surface area contributed by atoms with Gasteiger partial charge in [-0.05, 0) is 28.1 Å². The van der Waals surface area contributed by atoms with Crippen LogP contribution in [0.3, 0.4) is 0 Å². The predicted octanol–water partition coefficient (Wildman–Crippen LogP) is 4.21. The molecule has 1 aromatic carbocycles. The summed E-state index contributed by atoms with van der Waals surface area (Å²) < 4.78 is 3.71. The fraction of sp³-hybridized carbons (Fsp3) is 0. The lowest BCUT2D eigenvalue weighted by molar-refractivity contribution is 1.37. The van der Waals surface area contributed by atoms with E-state index < -0.39 is 0 Å². The van der Waals surface area contributed by atoms with Crippen molar-refractivity contribution in [3.05, 3.63) is 41.1 Å². The van der Waals surface area contributed by atoms with Crippen molar-refractivity contribution in [2.75, 3.05) is 0 Å². The summed E-state index contributed by atoms with van der Waals surface area (Å²) in [5.74, 6) is 0. The fourth-order valence-corrected chi connectivity index (χ4v) is 3.30. The van der Waals surface area contributed by atoms with Gasteiger partial charge in [0.15, 0.2) is 0 Å². The summed E-state index contributed by atoms with van der Waals surface area (Å²) in [7, 11) is 0. The lowest BCUT2D eigenvalue weighted by Gasteiger charge is -1.91. The first-order chi connectivity index (χ1) is 6.86. The minimum atomic E-state index is 1.16. The van der Waals surface area contributed by atoms with E-state index in [-0.39, 0.29) is 0 Å². The van der Waals surface area contributed by atoms with Gasteiger partial charge in [-0.1, -0.05) is 12.1 Å². The van der Waals surface area contributed by atoms with Crippen LogP contribution >= 0.6 is 27.3 Å². The predicted molar refractivity (Wildman–Crippen MR) is 64.8 cm³/mol. The molecule has 0 bridgehead atoms. The maximum Gasteiger partial charge on any atom is 0.0539 e. The number of rotatable bonds is 0. The van der Waals surface area contributed by atoms with Gasteiger partial charge in [0, 0.05) is 32.3 Å². The number of thiophene rings is 1. The third-order valence-corrected chi connectivity index (χ3v) is 4.37. The maximum atomic E-state index is 4.13. The van der Waals surface area contributed by atoms with Crippen LogP contribution in [-0.4, -0.2) is 4.98 Å². The highest BCUT2D eigenvalue weighted by Gasteiger charge is 2.05. The molecule has 0 spiro atoms. The molecule has 0 saturated heterocycles. The van der Waals surface area contributed by atoms with E-state index >= 15 is 0 Å². The lowest BCUT2D eigenvalue weighted by atomic mass is 10.2. The van der Waals surface area contributed by atoms with Crippen LogP contribution < -0.4 is 0 Å². The number of hydrogen-bond acceptors (Lipinski definition) is 2. The van der Waals surface area contributed by atoms with Crippen LogP contribution in [0.4, 0.5) is 0 Å². The van der Waals surface area contributed by atoms with Gasteiger partial charge >= 0.3 is 0 Å². The third-order valence-electron chi connectivity index (χ3n) is 2.25. The SMILES string of the molecule is Brc1cccc2c1sc1cnccc12. The molecule has 1 nitrogen and oxygen atoms in total. The minimum Gasteiger partial charge on any atom is -0.263 e. The summed E-state index contributed by atoms with van der Waals surface area (Å²) in [6.07, 6.45) is 3.77. The molecule has 0 aliphatic carbocycles. The zero-order chi connectivity index (χ0) is 9.54. The number of aromatic nitrogens is 1. The van der Waals surface area contributed by atoms with Gasteiger partial charge < -0.3 is 0 Å². The van der Waals surface area contributed by atoms with Crippen LogP contribution in [0.25, 0.3) is 20.2 Å². The van der Waals surface area contributed by atoms with Gasteiger partial charge in [-0.15, -0.1) is 11.3 Å². The van der Waals surface area contributed by atoms with Crippen molar-refractivity contribution in [3.8, 4) is 0 Å². The van der Waals surface area contributed by atoms with E-state index in [1.807, 2.05) is 12.4 Å². The number of pyridine rings is 1. The molecule has 0 fully saturated rings. The Morgan fingerprint density at radius 3 is 3.00 bits per heavy atom. The van der Waals surface area contributed by atoms with Gasteiger partial charge in [-0.3, -0.25) is 4.98 Å². The standard InChI is InChI=1S/C11H6BrNS/c12-9-3-1-2-8-7-4-5-13-6-10(7)14-11(8)9/h1-6H. The van der Waals surface area contributed by atoms with Crippen molar-refractivity contribution < 1.29 is 0 Å². The van der Waals surface area contributed by atoms with Crippen molar-refractivity contribution in [2.45, 2.75) is 0 Å². The molecule has 3 aromatic rings. The topological polar surface area (TPSA) is 12.9 Å². The summed E-state index contributed by atoms with van der Waals surface area (Å²) in [6, 6.07) is 8.36. The normalized spacial score (nSPS) is 11.2. The van der Waals surface area contributed by atoms with Gasteiger partial charge in [-0.25, -0.2) is 0 Å². The van der Waals surface area contributed by atoms with Crippen LogP contribution in [0.1, 0.15) is 0 Å². The second kappa shape index (κ2) is 3.04. The molecular formula is C11H6BrNS. The molecule has 0 radical (unpaired) electrons. The Kier molecular flexibility index (Phi) is 1.82. The van der Waals surface area contributed by atoms with Crippen LogP contribution in [0, 0.1) is 0 Å². The molecule has 14 heavy (non-hydrogen) atoms. The molecule has 68 valence electrons. The zero-order valence-electron chi connectivity index (χ0n) is 7.20. The molecule has 0 saturated carbocycles. The van der Waals surface area contributed by atoms with Gasteiger partial charge in [-0.2, -0.15) is 0 Å². The Balaban J connectivity index is 2.63. The molecule has 0 unspecified atom stereocenters. The highest BCUT2D eigenvalue weighted by Crippen LogP contribution is 2.37. The van der Waals surface area contributed by atoms with Gasteiger partial charge in [0.1, 0.15) is 0 Å². The van der Waals surface area contributed by atoms with Crippen molar-refractivity contribution in [3.63, 3.8) is 0 Å². The molecule has 0 atom stereocenters. The number of nitrogens with zero attached hydrogens (tertiary/aromatic N) is 1. The van der Waals surface area contributed by atoms with Crippen LogP contribution in [0.5, 0.6) is 0 Å². The first-order valence-corrected chi connectivity index (χ1v) is 5.88. The smallest absolute Gasteiger partial charge is 0.0539 e. The summed E-state index contributed by atoms with van der Waals surface area (Å²) in [5.41, 5.74) is 0. The Morgan fingerprint density at radius 2 is 2.07 bits per heavy atom. The highest BCUT2D eigenvalue weighted by molar-refractivity contribution is 9.10. The number of fused-ring (bicyclic) bond motifs is 3. The van der Waals surface area contributed by atoms with Crippen molar-refractivity contribution >= 4 is 47.4 Å². The Morgan fingerprint density at radius 1 is 1.14 bits per heavy atom. The van der Waals surface area contributed by atoms with Gasteiger partial charge in [0.25, 0.3) is 0 Å². The Labute approximate surface area is 93.5 Å². The van der Waals surface area contributed by atoms with E-state index in [9.17, 15) is 0 Å². The second-order valence-corrected chi connectivity index (χ2v) is 5.00. The minimum absolute atomic E-state index is 1.16. The fourth-order valence-electron chi connectivity index (χ4n) is 1.62. The summed E-state index contributed by atoms with van der Waals surface area (Å²) in [5, 5.41) is 2.60. The Bertz CT molecular complexity index is 615. The first kappa shape index (κ1) is 8.38. The number of hydrogen-bond donors (Lipinski definition) is 0. The molecule has 0 N–H and O–H groups in total. The van der Waals surface area contributed by atoms with Gasteiger partial charge in [0.05, 0.1) is 4.70 Å². The largest absolute Gasteiger partial charge is 0.263 e. The molecule has 2 heterocycles. The molecule has 0 aliphatic rings. The summed E-state index contributed by atoms with van der Waals surface area (Å²) >= 11 is 5.34. The Hall–Kier alpha value is -0.930. The zero-order valence-corrected chi connectivity index (χ0v) is 9.60. The highest BCUT2D eigenvalue weighted by atomic mass is 79.9. The lowest BCUT2D eigenvalue weighted by Crippen LogP contribution is -1.68. The third kappa shape index (κ3) is 1.09. The summed E-state index contributed by atoms with van der Waals surface area (Å²) in [6.45, 7) is 0. The second-order valence-electron chi connectivity index (χ2n) is 3.09. The monoisotopic (exact) mass is 263 g/mol. The molecule has 3 heteroatoms. The van der Waals surface area contributed by atoms with Crippen LogP contribution in [-0.2, 0) is 0 Å². The molecule has 2 aromatic heterocycles. The van der Waals surface area contributed by atoms with E-state index in [2.05, 4.69) is 45.2 Å². The van der Waals surface area contributed by atoms with Gasteiger partial charge in [0.2, 0.25) is 0 Å². The summed E-state index contributed by atoms with van der Waals surface area (Å²) in [4.78, 5) is 4.13. The van der Waals surface area contributed by atoms with Crippen molar-refractivity contribution in [1.29, 1.82) is 0 Å². The average molecular weight is 264 g/mol. The van der Waals surface area contributed by atoms with E-state index in [0.29, 0.717) is 0 Å². The first-order valence-electron chi connectivity index (χ1n) is 4.27. The van der Waals surface area contributed by atoms with E-state index in [1.54, 1.807) is 11.3 Å². The van der Waals surface area contributed by atoms with Crippen molar-refractivity contribution in [2.24, 2.45) is 0 Å². The molecule has 0 aliphatic heterocycles. The molecule has 3 rings (SSSR count). The number of halogens is 1. The molecule has 0 amide bonds. The number of benzene rings is 1. The van der Waals surface area contributed by atoms with E-state index in [0.717, 1.165) is 4.47 Å². The van der Waals surface area contributed by atoms with Crippen LogP contribution in [0.2, 0.25) is 0 Å². The van der Waals surface area contributed by atoms with Crippen molar-refractivity contribution in [1.82, 2.24) is 4.98 Å². The van der Waals surface area contributed by atoms with Crippen LogP contribution in [0.15, 0.2) is 41.1 Å². The van der Waals surface area contributed by atoms with E-state index in [1.165, 1.54) is 20.2 Å². The maximum absolute atomic E-state index is 4.13. The average Bonchev–Trinajstić information content (AvgIpc) is 2.59. The van der Waals surface area contributed by atoms with E-state index in [4.69, 9.17) is 0 Å². The quantitative estimate of drug-likeness (QED) is 0.592. The molecular weight excluding hydrogens is 258 g/mol.